The van der Waals surface area contributed by atoms with Crippen LogP contribution in [0.4, 0.5) is 5.69 Å². The van der Waals surface area contributed by atoms with Crippen molar-refractivity contribution in [3.05, 3.63) is 51.4 Å². The maximum atomic E-state index is 12.5. The fourth-order valence-electron chi connectivity index (χ4n) is 2.59. The van der Waals surface area contributed by atoms with Gasteiger partial charge in [-0.3, -0.25) is 14.7 Å². The summed E-state index contributed by atoms with van der Waals surface area (Å²) in [6.07, 6.45) is 0.593. The van der Waals surface area contributed by atoms with Crippen LogP contribution in [0.2, 0.25) is 0 Å². The molecule has 2 N–H and O–H groups in total. The van der Waals surface area contributed by atoms with Gasteiger partial charge in [-0.05, 0) is 30.7 Å². The summed E-state index contributed by atoms with van der Waals surface area (Å²) < 4.78 is 0. The maximum absolute atomic E-state index is 12.5. The minimum Gasteiger partial charge on any atom is -0.378 e. The Morgan fingerprint density at radius 2 is 1.90 bits per heavy atom. The monoisotopic (exact) mass is 286 g/mol. The second kappa shape index (κ2) is 5.12. The Bertz CT molecular complexity index is 712. The molecule has 0 bridgehead atoms. The number of carbonyl (C=O) groups excluding carboxylic acids is 1. The SMILES string of the molecule is CN(C)c1ccc(C(=O)N2CCc3c([nH][nH]c3=O)C2)cc1. The number of amides is 1. The molecule has 0 atom stereocenters. The van der Waals surface area contributed by atoms with Crippen molar-refractivity contribution >= 4 is 11.6 Å². The van der Waals surface area contributed by atoms with Crippen molar-refractivity contribution in [2.45, 2.75) is 13.0 Å². The van der Waals surface area contributed by atoms with E-state index in [1.54, 1.807) is 4.90 Å². The van der Waals surface area contributed by atoms with Gasteiger partial charge < -0.3 is 14.9 Å². The lowest BCUT2D eigenvalue weighted by Gasteiger charge is -2.26. The number of rotatable bonds is 2. The van der Waals surface area contributed by atoms with E-state index in [9.17, 15) is 9.59 Å². The fourth-order valence-corrected chi connectivity index (χ4v) is 2.59. The summed E-state index contributed by atoms with van der Waals surface area (Å²) >= 11 is 0. The smallest absolute Gasteiger partial charge is 0.267 e. The van der Waals surface area contributed by atoms with Gasteiger partial charge in [-0.15, -0.1) is 0 Å². The number of nitrogens with zero attached hydrogens (tertiary/aromatic N) is 2. The van der Waals surface area contributed by atoms with Gasteiger partial charge in [-0.1, -0.05) is 0 Å². The van der Waals surface area contributed by atoms with Crippen LogP contribution in [0.15, 0.2) is 29.1 Å². The Hall–Kier alpha value is -2.50. The molecule has 6 nitrogen and oxygen atoms in total. The summed E-state index contributed by atoms with van der Waals surface area (Å²) in [7, 11) is 3.93. The molecule has 1 aliphatic rings. The van der Waals surface area contributed by atoms with E-state index in [4.69, 9.17) is 0 Å². The number of carbonyl (C=O) groups is 1. The Labute approximate surface area is 122 Å². The number of H-pyrrole nitrogens is 2. The molecule has 0 saturated heterocycles. The predicted molar refractivity (Wildman–Crippen MR) is 80.6 cm³/mol. The lowest BCUT2D eigenvalue weighted by Crippen LogP contribution is -2.36. The molecule has 0 saturated carbocycles. The van der Waals surface area contributed by atoms with Gasteiger partial charge in [0.05, 0.1) is 12.2 Å². The number of aromatic nitrogens is 2. The van der Waals surface area contributed by atoms with Gasteiger partial charge in [0.15, 0.2) is 0 Å². The van der Waals surface area contributed by atoms with Crippen LogP contribution in [0.3, 0.4) is 0 Å². The van der Waals surface area contributed by atoms with Crippen molar-refractivity contribution in [1.29, 1.82) is 0 Å². The highest BCUT2D eigenvalue weighted by Gasteiger charge is 2.24. The van der Waals surface area contributed by atoms with Gasteiger partial charge in [0.1, 0.15) is 0 Å². The lowest BCUT2D eigenvalue weighted by molar-refractivity contribution is 0.0732. The van der Waals surface area contributed by atoms with Crippen molar-refractivity contribution in [1.82, 2.24) is 15.1 Å². The highest BCUT2D eigenvalue weighted by Crippen LogP contribution is 2.18. The van der Waals surface area contributed by atoms with Crippen LogP contribution < -0.4 is 10.5 Å². The molecule has 1 aromatic heterocycles. The van der Waals surface area contributed by atoms with Gasteiger partial charge in [-0.2, -0.15) is 0 Å². The first-order valence-corrected chi connectivity index (χ1v) is 6.91. The standard InChI is InChI=1S/C15H18N4O2/c1-18(2)11-5-3-10(4-6-11)15(21)19-8-7-12-13(9-19)16-17-14(12)20/h3-6H,7-9H2,1-2H3,(H2,16,17,20). The molecule has 3 rings (SSSR count). The van der Waals surface area contributed by atoms with E-state index in [1.807, 2.05) is 43.3 Å². The molecule has 0 aliphatic carbocycles. The van der Waals surface area contributed by atoms with Gasteiger partial charge >= 0.3 is 0 Å². The molecular formula is C15H18N4O2. The van der Waals surface area contributed by atoms with Gasteiger partial charge in [-0.25, -0.2) is 0 Å². The molecule has 2 heterocycles. The van der Waals surface area contributed by atoms with E-state index in [2.05, 4.69) is 10.2 Å². The topological polar surface area (TPSA) is 72.2 Å². The normalized spacial score (nSPS) is 13.9. The summed E-state index contributed by atoms with van der Waals surface area (Å²) in [4.78, 5) is 27.8. The second-order valence-electron chi connectivity index (χ2n) is 5.45. The fraction of sp³-hybridized carbons (Fsp3) is 0.333. The molecule has 0 unspecified atom stereocenters. The molecule has 0 radical (unpaired) electrons. The van der Waals surface area contributed by atoms with Gasteiger partial charge in [0.2, 0.25) is 0 Å². The summed E-state index contributed by atoms with van der Waals surface area (Å²) in [5, 5.41) is 5.42. The van der Waals surface area contributed by atoms with Crippen molar-refractivity contribution in [3.63, 3.8) is 0 Å². The van der Waals surface area contributed by atoms with E-state index in [-0.39, 0.29) is 11.5 Å². The maximum Gasteiger partial charge on any atom is 0.267 e. The van der Waals surface area contributed by atoms with Crippen LogP contribution >= 0.6 is 0 Å². The van der Waals surface area contributed by atoms with Crippen LogP contribution in [0.25, 0.3) is 0 Å². The minimum absolute atomic E-state index is 0.00648. The molecule has 0 spiro atoms. The lowest BCUT2D eigenvalue weighted by atomic mass is 10.1. The third-order valence-electron chi connectivity index (χ3n) is 3.86. The van der Waals surface area contributed by atoms with Crippen LogP contribution in [0.5, 0.6) is 0 Å². The zero-order chi connectivity index (χ0) is 15.0. The first kappa shape index (κ1) is 13.5. The predicted octanol–water partition coefficient (Wildman–Crippen LogP) is 0.967. The molecule has 1 aromatic carbocycles. The van der Waals surface area contributed by atoms with E-state index in [0.717, 1.165) is 16.9 Å². The zero-order valence-electron chi connectivity index (χ0n) is 12.1. The van der Waals surface area contributed by atoms with Gasteiger partial charge in [0.25, 0.3) is 11.5 Å². The van der Waals surface area contributed by atoms with E-state index in [0.29, 0.717) is 25.1 Å². The number of hydrogen-bond donors (Lipinski definition) is 2. The first-order valence-electron chi connectivity index (χ1n) is 6.91. The Morgan fingerprint density at radius 3 is 2.57 bits per heavy atom. The average molecular weight is 286 g/mol. The van der Waals surface area contributed by atoms with E-state index < -0.39 is 0 Å². The average Bonchev–Trinajstić information content (AvgIpc) is 2.87. The molecule has 6 heteroatoms. The molecule has 110 valence electrons. The molecule has 2 aromatic rings. The summed E-state index contributed by atoms with van der Waals surface area (Å²) in [6, 6.07) is 7.54. The molecule has 0 fully saturated rings. The van der Waals surface area contributed by atoms with E-state index in [1.165, 1.54) is 0 Å². The molecular weight excluding hydrogens is 268 g/mol. The summed E-state index contributed by atoms with van der Waals surface area (Å²) in [6.45, 7) is 1.02. The van der Waals surface area contributed by atoms with Gasteiger partial charge in [0, 0.05) is 37.5 Å². The van der Waals surface area contributed by atoms with Crippen molar-refractivity contribution < 1.29 is 4.79 Å². The molecule has 21 heavy (non-hydrogen) atoms. The third kappa shape index (κ3) is 2.44. The van der Waals surface area contributed by atoms with Crippen LogP contribution in [0, 0.1) is 0 Å². The van der Waals surface area contributed by atoms with Crippen LogP contribution in [0.1, 0.15) is 21.6 Å². The van der Waals surface area contributed by atoms with E-state index >= 15 is 0 Å². The van der Waals surface area contributed by atoms with Crippen LogP contribution in [-0.4, -0.2) is 41.6 Å². The Kier molecular flexibility index (Phi) is 3.29. The number of aromatic amines is 2. The summed E-state index contributed by atoms with van der Waals surface area (Å²) in [5.41, 5.74) is 3.23. The molecule has 1 aliphatic heterocycles. The number of fused-ring (bicyclic) bond motifs is 1. The minimum atomic E-state index is -0.0764. The molecule has 1 amide bonds. The first-order chi connectivity index (χ1) is 10.1. The Morgan fingerprint density at radius 1 is 1.19 bits per heavy atom. The number of nitrogens with one attached hydrogen (secondary N) is 2. The van der Waals surface area contributed by atoms with Crippen molar-refractivity contribution in [3.8, 4) is 0 Å². The largest absolute Gasteiger partial charge is 0.378 e. The highest BCUT2D eigenvalue weighted by atomic mass is 16.2. The highest BCUT2D eigenvalue weighted by molar-refractivity contribution is 5.94. The van der Waals surface area contributed by atoms with Crippen molar-refractivity contribution in [2.24, 2.45) is 0 Å². The van der Waals surface area contributed by atoms with Crippen molar-refractivity contribution in [2.75, 3.05) is 25.5 Å². The second-order valence-corrected chi connectivity index (χ2v) is 5.45. The number of hydrogen-bond acceptors (Lipinski definition) is 3. The summed E-state index contributed by atoms with van der Waals surface area (Å²) in [5.74, 6) is -0.00648. The number of anilines is 1. The quantitative estimate of drug-likeness (QED) is 0.864. The number of benzene rings is 1. The van der Waals surface area contributed by atoms with Crippen LogP contribution in [-0.2, 0) is 13.0 Å². The third-order valence-corrected chi connectivity index (χ3v) is 3.86. The Balaban J connectivity index is 1.78. The zero-order valence-corrected chi connectivity index (χ0v) is 12.1.